The second-order valence-corrected chi connectivity index (χ2v) is 5.98. The molecule has 0 bridgehead atoms. The number of para-hydroxylation sites is 1. The SMILES string of the molecule is O=C1c2ccc(Cl)cc2-n2c1c(-c1ccco1)c1ccccc12. The molecule has 0 saturated carbocycles. The molecule has 4 aromatic rings. The quantitative estimate of drug-likeness (QED) is 0.431. The molecule has 0 saturated heterocycles. The Kier molecular flexibility index (Phi) is 2.42. The molecule has 0 radical (unpaired) electrons. The number of aromatic nitrogens is 1. The second-order valence-electron chi connectivity index (χ2n) is 5.54. The maximum absolute atomic E-state index is 13.0. The van der Waals surface area contributed by atoms with E-state index in [9.17, 15) is 4.79 Å². The Balaban J connectivity index is 1.99. The molecule has 4 heteroatoms. The van der Waals surface area contributed by atoms with Gasteiger partial charge in [-0.25, -0.2) is 0 Å². The molecule has 0 spiro atoms. The van der Waals surface area contributed by atoms with Gasteiger partial charge < -0.3 is 8.98 Å². The van der Waals surface area contributed by atoms with Crippen LogP contribution in [-0.2, 0) is 0 Å². The summed E-state index contributed by atoms with van der Waals surface area (Å²) in [5.74, 6) is 0.696. The molecule has 110 valence electrons. The molecule has 5 rings (SSSR count). The first-order chi connectivity index (χ1) is 11.3. The van der Waals surface area contributed by atoms with Crippen LogP contribution in [0.3, 0.4) is 0 Å². The Morgan fingerprint density at radius 3 is 2.70 bits per heavy atom. The molecule has 0 unspecified atom stereocenters. The monoisotopic (exact) mass is 319 g/mol. The molecule has 2 aromatic heterocycles. The third-order valence-electron chi connectivity index (χ3n) is 4.30. The van der Waals surface area contributed by atoms with Crippen molar-refractivity contribution in [1.82, 2.24) is 4.57 Å². The molecule has 0 fully saturated rings. The van der Waals surface area contributed by atoms with Crippen LogP contribution in [0.15, 0.2) is 65.3 Å². The van der Waals surface area contributed by atoms with Gasteiger partial charge in [-0.1, -0.05) is 29.8 Å². The molecule has 3 heterocycles. The highest BCUT2D eigenvalue weighted by Crippen LogP contribution is 2.43. The summed E-state index contributed by atoms with van der Waals surface area (Å²) in [7, 11) is 0. The molecule has 0 amide bonds. The van der Waals surface area contributed by atoms with Gasteiger partial charge >= 0.3 is 0 Å². The number of nitrogens with zero attached hydrogens (tertiary/aromatic N) is 1. The number of ketones is 1. The van der Waals surface area contributed by atoms with Crippen molar-refractivity contribution in [3.8, 4) is 17.0 Å². The highest BCUT2D eigenvalue weighted by Gasteiger charge is 2.34. The minimum Gasteiger partial charge on any atom is -0.464 e. The number of rotatable bonds is 1. The maximum atomic E-state index is 13.0. The van der Waals surface area contributed by atoms with Gasteiger partial charge in [-0.05, 0) is 36.4 Å². The lowest BCUT2D eigenvalue weighted by molar-refractivity contribution is 0.104. The van der Waals surface area contributed by atoms with E-state index in [1.165, 1.54) is 0 Å². The summed E-state index contributed by atoms with van der Waals surface area (Å²) in [5, 5.41) is 1.61. The Morgan fingerprint density at radius 1 is 1.00 bits per heavy atom. The predicted molar refractivity (Wildman–Crippen MR) is 89.4 cm³/mol. The van der Waals surface area contributed by atoms with Crippen molar-refractivity contribution >= 4 is 28.3 Å². The Hall–Kier alpha value is -2.78. The zero-order valence-electron chi connectivity index (χ0n) is 11.9. The highest BCUT2D eigenvalue weighted by molar-refractivity contribution is 6.31. The smallest absolute Gasteiger partial charge is 0.212 e. The van der Waals surface area contributed by atoms with Crippen LogP contribution < -0.4 is 0 Å². The first-order valence-electron chi connectivity index (χ1n) is 7.27. The van der Waals surface area contributed by atoms with Crippen LogP contribution >= 0.6 is 11.6 Å². The van der Waals surface area contributed by atoms with Gasteiger partial charge in [-0.3, -0.25) is 4.79 Å². The zero-order chi connectivity index (χ0) is 15.6. The first kappa shape index (κ1) is 12.7. The van der Waals surface area contributed by atoms with Gasteiger partial charge in [0, 0.05) is 16.0 Å². The van der Waals surface area contributed by atoms with Crippen LogP contribution in [0.25, 0.3) is 27.9 Å². The van der Waals surface area contributed by atoms with E-state index in [0.717, 1.165) is 22.2 Å². The average Bonchev–Trinajstić information content (AvgIpc) is 3.24. The van der Waals surface area contributed by atoms with Crippen LogP contribution in [-0.4, -0.2) is 10.4 Å². The van der Waals surface area contributed by atoms with E-state index in [0.29, 0.717) is 22.0 Å². The third kappa shape index (κ3) is 1.57. The lowest BCUT2D eigenvalue weighted by atomic mass is 10.0. The van der Waals surface area contributed by atoms with E-state index in [1.807, 2.05) is 47.0 Å². The number of furan rings is 1. The molecule has 0 atom stereocenters. The zero-order valence-corrected chi connectivity index (χ0v) is 12.7. The van der Waals surface area contributed by atoms with Gasteiger partial charge in [0.15, 0.2) is 0 Å². The van der Waals surface area contributed by atoms with E-state index >= 15 is 0 Å². The van der Waals surface area contributed by atoms with Crippen molar-refractivity contribution in [3.05, 3.63) is 77.1 Å². The number of fused-ring (bicyclic) bond motifs is 5. The molecule has 1 aliphatic heterocycles. The first-order valence-corrected chi connectivity index (χ1v) is 7.65. The van der Waals surface area contributed by atoms with Crippen molar-refractivity contribution in [2.24, 2.45) is 0 Å². The van der Waals surface area contributed by atoms with Gasteiger partial charge in [0.05, 0.1) is 23.0 Å². The summed E-state index contributed by atoms with van der Waals surface area (Å²) in [5.41, 5.74) is 3.94. The summed E-state index contributed by atoms with van der Waals surface area (Å²) in [6.45, 7) is 0. The summed E-state index contributed by atoms with van der Waals surface area (Å²) in [6, 6.07) is 17.0. The highest BCUT2D eigenvalue weighted by atomic mass is 35.5. The van der Waals surface area contributed by atoms with E-state index < -0.39 is 0 Å². The van der Waals surface area contributed by atoms with E-state index in [1.54, 1.807) is 18.4 Å². The Morgan fingerprint density at radius 2 is 1.87 bits per heavy atom. The minimum atomic E-state index is -0.000679. The largest absolute Gasteiger partial charge is 0.464 e. The number of halogens is 1. The van der Waals surface area contributed by atoms with Crippen molar-refractivity contribution < 1.29 is 9.21 Å². The summed E-state index contributed by atoms with van der Waals surface area (Å²) in [4.78, 5) is 13.0. The van der Waals surface area contributed by atoms with E-state index in [2.05, 4.69) is 0 Å². The normalized spacial score (nSPS) is 12.7. The summed E-state index contributed by atoms with van der Waals surface area (Å²) in [6.07, 6.45) is 1.62. The number of carbonyl (C=O) groups excluding carboxylic acids is 1. The fourth-order valence-corrected chi connectivity index (χ4v) is 3.55. The van der Waals surface area contributed by atoms with Gasteiger partial charge in [-0.15, -0.1) is 0 Å². The number of benzene rings is 2. The van der Waals surface area contributed by atoms with Crippen LogP contribution in [0, 0.1) is 0 Å². The summed E-state index contributed by atoms with van der Waals surface area (Å²) < 4.78 is 7.57. The molecule has 23 heavy (non-hydrogen) atoms. The fraction of sp³-hybridized carbons (Fsp3) is 0. The second kappa shape index (κ2) is 4.37. The van der Waals surface area contributed by atoms with Crippen molar-refractivity contribution in [3.63, 3.8) is 0 Å². The fourth-order valence-electron chi connectivity index (χ4n) is 3.38. The van der Waals surface area contributed by atoms with Gasteiger partial charge in [-0.2, -0.15) is 0 Å². The van der Waals surface area contributed by atoms with E-state index in [-0.39, 0.29) is 5.78 Å². The predicted octanol–water partition coefficient (Wildman–Crippen LogP) is 5.09. The van der Waals surface area contributed by atoms with Gasteiger partial charge in [0.2, 0.25) is 5.78 Å². The molecular weight excluding hydrogens is 310 g/mol. The van der Waals surface area contributed by atoms with Gasteiger partial charge in [0.25, 0.3) is 0 Å². The summed E-state index contributed by atoms with van der Waals surface area (Å²) >= 11 is 6.15. The lowest BCUT2D eigenvalue weighted by Gasteiger charge is -2.04. The third-order valence-corrected chi connectivity index (χ3v) is 4.54. The van der Waals surface area contributed by atoms with Gasteiger partial charge in [0.1, 0.15) is 11.5 Å². The van der Waals surface area contributed by atoms with Crippen molar-refractivity contribution in [1.29, 1.82) is 0 Å². The van der Waals surface area contributed by atoms with Crippen LogP contribution in [0.1, 0.15) is 16.1 Å². The van der Waals surface area contributed by atoms with Crippen LogP contribution in [0.2, 0.25) is 5.02 Å². The standard InChI is InChI=1S/C19H10ClNO2/c20-11-7-8-13-15(10-11)21-14-5-2-1-4-12(14)17(18(21)19(13)22)16-6-3-9-23-16/h1-10H. The number of carbonyl (C=O) groups is 1. The number of hydrogen-bond acceptors (Lipinski definition) is 2. The average molecular weight is 320 g/mol. The number of hydrogen-bond donors (Lipinski definition) is 0. The molecule has 0 N–H and O–H groups in total. The molecular formula is C19H10ClNO2. The topological polar surface area (TPSA) is 35.1 Å². The van der Waals surface area contributed by atoms with Crippen molar-refractivity contribution in [2.75, 3.05) is 0 Å². The Bertz CT molecular complexity index is 1090. The van der Waals surface area contributed by atoms with Crippen LogP contribution in [0.4, 0.5) is 0 Å². The Labute approximate surface area is 136 Å². The molecule has 0 aliphatic carbocycles. The molecule has 3 nitrogen and oxygen atoms in total. The van der Waals surface area contributed by atoms with Crippen LogP contribution in [0.5, 0.6) is 0 Å². The van der Waals surface area contributed by atoms with Crippen molar-refractivity contribution in [2.45, 2.75) is 0 Å². The maximum Gasteiger partial charge on any atom is 0.212 e. The van der Waals surface area contributed by atoms with E-state index in [4.69, 9.17) is 16.0 Å². The molecule has 2 aromatic carbocycles. The lowest BCUT2D eigenvalue weighted by Crippen LogP contribution is -1.97. The minimum absolute atomic E-state index is 0.000679. The molecule has 1 aliphatic rings.